The van der Waals surface area contributed by atoms with Crippen LogP contribution in [0, 0.1) is 0 Å². The number of unbranched alkanes of at least 4 members (excludes halogenated alkanes) is 13. The van der Waals surface area contributed by atoms with Crippen LogP contribution in [0.1, 0.15) is 123 Å². The van der Waals surface area contributed by atoms with Gasteiger partial charge in [-0.25, -0.2) is 0 Å². The summed E-state index contributed by atoms with van der Waals surface area (Å²) in [6.45, 7) is 2.27. The second kappa shape index (κ2) is 15.9. The number of ketones is 2. The zero-order valence-electron chi connectivity index (χ0n) is 24.4. The number of thioether (sulfide) groups is 1. The van der Waals surface area contributed by atoms with Crippen molar-refractivity contribution in [2.45, 2.75) is 96.8 Å². The number of ether oxygens (including phenoxy) is 1. The average molecular weight is 560 g/mol. The van der Waals surface area contributed by atoms with Crippen LogP contribution in [0.3, 0.4) is 0 Å². The van der Waals surface area contributed by atoms with Crippen LogP contribution < -0.4 is 4.74 Å². The van der Waals surface area contributed by atoms with Gasteiger partial charge in [0.2, 0.25) is 5.78 Å². The molecule has 40 heavy (non-hydrogen) atoms. The third-order valence-corrected chi connectivity index (χ3v) is 9.15. The molecule has 0 saturated heterocycles. The number of nitrogens with one attached hydrogen (secondary N) is 1. The number of aromatic amines is 1. The van der Waals surface area contributed by atoms with E-state index in [0.29, 0.717) is 27.4 Å². The molecule has 2 aromatic carbocycles. The van der Waals surface area contributed by atoms with Gasteiger partial charge in [-0.3, -0.25) is 9.59 Å². The van der Waals surface area contributed by atoms with Gasteiger partial charge in [0.1, 0.15) is 5.75 Å². The molecule has 0 fully saturated rings. The molecule has 5 heteroatoms. The van der Waals surface area contributed by atoms with Crippen molar-refractivity contribution < 1.29 is 14.3 Å². The van der Waals surface area contributed by atoms with Gasteiger partial charge in [0.25, 0.3) is 0 Å². The monoisotopic (exact) mass is 559 g/mol. The van der Waals surface area contributed by atoms with Gasteiger partial charge < -0.3 is 9.72 Å². The van der Waals surface area contributed by atoms with E-state index in [0.717, 1.165) is 35.1 Å². The Hall–Kier alpha value is -2.79. The molecular formula is C35H45NO3S. The first-order valence-electron chi connectivity index (χ1n) is 15.4. The predicted octanol–water partition coefficient (Wildman–Crippen LogP) is 10.2. The minimum absolute atomic E-state index is 0.0511. The first-order chi connectivity index (χ1) is 19.7. The number of aromatic nitrogens is 1. The van der Waals surface area contributed by atoms with Crippen LogP contribution in [0.4, 0.5) is 0 Å². The lowest BCUT2D eigenvalue weighted by Crippen LogP contribution is -2.20. The van der Waals surface area contributed by atoms with E-state index in [9.17, 15) is 9.59 Å². The summed E-state index contributed by atoms with van der Waals surface area (Å²) >= 11 is 1.54. The lowest BCUT2D eigenvalue weighted by atomic mass is 9.86. The molecule has 0 saturated carbocycles. The quantitative estimate of drug-likeness (QED) is 0.158. The van der Waals surface area contributed by atoms with Crippen LogP contribution in [-0.2, 0) is 0 Å². The van der Waals surface area contributed by atoms with E-state index >= 15 is 0 Å². The normalized spacial score (nSPS) is 13.3. The molecule has 0 atom stereocenters. The van der Waals surface area contributed by atoms with E-state index < -0.39 is 0 Å². The third-order valence-electron chi connectivity index (χ3n) is 7.98. The first kappa shape index (κ1) is 30.2. The molecule has 0 radical (unpaired) electrons. The Kier molecular flexibility index (Phi) is 12.0. The van der Waals surface area contributed by atoms with Crippen LogP contribution in [-0.4, -0.2) is 29.4 Å². The molecule has 1 N–H and O–H groups in total. The Balaban J connectivity index is 1.31. The number of benzene rings is 2. The number of fused-ring (bicyclic) bond motifs is 2. The van der Waals surface area contributed by atoms with E-state index in [2.05, 4.69) is 11.9 Å². The number of methoxy groups -OCH3 is 1. The average Bonchev–Trinajstić information content (AvgIpc) is 3.41. The van der Waals surface area contributed by atoms with Gasteiger partial charge in [0.05, 0.1) is 12.0 Å². The van der Waals surface area contributed by atoms with E-state index in [1.165, 1.54) is 88.8 Å². The highest BCUT2D eigenvalue weighted by Crippen LogP contribution is 2.42. The predicted molar refractivity (Wildman–Crippen MR) is 170 cm³/mol. The van der Waals surface area contributed by atoms with Crippen LogP contribution in [0.25, 0.3) is 16.5 Å². The van der Waals surface area contributed by atoms with Crippen molar-refractivity contribution in [1.29, 1.82) is 0 Å². The van der Waals surface area contributed by atoms with Crippen molar-refractivity contribution in [3.8, 4) is 5.75 Å². The zero-order chi connectivity index (χ0) is 28.2. The van der Waals surface area contributed by atoms with Crippen molar-refractivity contribution >= 4 is 39.8 Å². The van der Waals surface area contributed by atoms with Crippen molar-refractivity contribution in [3.05, 3.63) is 70.3 Å². The fraction of sp³-hybridized carbons (Fsp3) is 0.486. The van der Waals surface area contributed by atoms with E-state index in [4.69, 9.17) is 4.74 Å². The Morgan fingerprint density at radius 1 is 0.675 bits per heavy atom. The molecule has 0 spiro atoms. The number of hydrogen-bond acceptors (Lipinski definition) is 4. The number of hydrogen-bond donors (Lipinski definition) is 1. The summed E-state index contributed by atoms with van der Waals surface area (Å²) in [7, 11) is 1.63. The summed E-state index contributed by atoms with van der Waals surface area (Å²) in [6, 6.07) is 13.0. The number of Topliss-reactive ketones (excluding diaryl/α,β-unsaturated/α-hetero) is 2. The fourth-order valence-electron chi connectivity index (χ4n) is 5.72. The summed E-state index contributed by atoms with van der Waals surface area (Å²) in [4.78, 5) is 31.3. The second-order valence-corrected chi connectivity index (χ2v) is 12.0. The molecule has 1 aromatic heterocycles. The first-order valence-corrected chi connectivity index (χ1v) is 16.4. The maximum Gasteiger partial charge on any atom is 0.200 e. The van der Waals surface area contributed by atoms with Crippen molar-refractivity contribution in [2.24, 2.45) is 0 Å². The Morgan fingerprint density at radius 3 is 1.85 bits per heavy atom. The maximum absolute atomic E-state index is 13.8. The van der Waals surface area contributed by atoms with Crippen molar-refractivity contribution in [3.63, 3.8) is 0 Å². The molecule has 0 aliphatic heterocycles. The van der Waals surface area contributed by atoms with Gasteiger partial charge in [-0.2, -0.15) is 0 Å². The highest BCUT2D eigenvalue weighted by Gasteiger charge is 2.34. The van der Waals surface area contributed by atoms with Crippen LogP contribution in [0.2, 0.25) is 0 Å². The maximum atomic E-state index is 13.8. The molecule has 1 aliphatic carbocycles. The number of carbonyl (C=O) groups excluding carboxylic acids is 2. The Bertz CT molecular complexity index is 1300. The molecule has 3 aromatic rings. The number of allylic oxidation sites excluding steroid dienone is 2. The third kappa shape index (κ3) is 7.48. The minimum Gasteiger partial charge on any atom is -0.496 e. The number of carbonyl (C=O) groups is 2. The molecule has 0 amide bonds. The van der Waals surface area contributed by atoms with Crippen LogP contribution >= 0.6 is 11.8 Å². The molecule has 0 unspecified atom stereocenters. The molecule has 214 valence electrons. The highest BCUT2D eigenvalue weighted by molar-refractivity contribution is 8.04. The lowest BCUT2D eigenvalue weighted by Gasteiger charge is -2.21. The molecule has 4 rings (SSSR count). The van der Waals surface area contributed by atoms with E-state index in [1.54, 1.807) is 19.2 Å². The largest absolute Gasteiger partial charge is 0.496 e. The summed E-state index contributed by atoms with van der Waals surface area (Å²) < 4.78 is 5.63. The molecular weight excluding hydrogens is 514 g/mol. The van der Waals surface area contributed by atoms with Gasteiger partial charge in [-0.05, 0) is 24.3 Å². The van der Waals surface area contributed by atoms with E-state index in [1.807, 2.05) is 36.5 Å². The molecule has 4 nitrogen and oxygen atoms in total. The molecule has 1 heterocycles. The van der Waals surface area contributed by atoms with Gasteiger partial charge in [-0.15, -0.1) is 11.8 Å². The van der Waals surface area contributed by atoms with Crippen LogP contribution in [0.5, 0.6) is 5.75 Å². The summed E-state index contributed by atoms with van der Waals surface area (Å²) in [6.07, 6.45) is 20.3. The fourth-order valence-corrected chi connectivity index (χ4v) is 6.87. The minimum atomic E-state index is -0.0922. The van der Waals surface area contributed by atoms with Gasteiger partial charge >= 0.3 is 0 Å². The van der Waals surface area contributed by atoms with Gasteiger partial charge in [0, 0.05) is 39.4 Å². The van der Waals surface area contributed by atoms with Crippen molar-refractivity contribution in [2.75, 3.05) is 12.9 Å². The zero-order valence-corrected chi connectivity index (χ0v) is 25.2. The van der Waals surface area contributed by atoms with E-state index in [-0.39, 0.29) is 11.6 Å². The summed E-state index contributed by atoms with van der Waals surface area (Å²) in [5, 5.41) is 0.843. The summed E-state index contributed by atoms with van der Waals surface area (Å²) in [5.74, 6) is 1.38. The van der Waals surface area contributed by atoms with Crippen molar-refractivity contribution in [1.82, 2.24) is 4.98 Å². The number of rotatable bonds is 18. The lowest BCUT2D eigenvalue weighted by molar-refractivity contribution is 0.0998. The van der Waals surface area contributed by atoms with Crippen LogP contribution in [0.15, 0.2) is 53.6 Å². The standard InChI is InChI=1S/C35H45NO3S/c1-3-4-5-6-7-8-9-10-11-12-13-14-15-18-24-40-35-32(33(37)26-20-16-17-21-27(26)34(35)38)28-25-36-29-22-19-23-30(39-2)31(28)29/h16-17,19-23,25,36H,3-15,18,24H2,1-2H3. The SMILES string of the molecule is CCCCCCCCCCCCCCCCSC1=C(c2c[nH]c3cccc(OC)c23)C(=O)c2ccccc2C1=O. The van der Waals surface area contributed by atoms with Gasteiger partial charge in [0.15, 0.2) is 5.78 Å². The molecule has 1 aliphatic rings. The Morgan fingerprint density at radius 2 is 1.25 bits per heavy atom. The Labute approximate surface area is 244 Å². The number of H-pyrrole nitrogens is 1. The topological polar surface area (TPSA) is 59.2 Å². The smallest absolute Gasteiger partial charge is 0.200 e. The highest BCUT2D eigenvalue weighted by atomic mass is 32.2. The second-order valence-electron chi connectivity index (χ2n) is 10.9. The van der Waals surface area contributed by atoms with Gasteiger partial charge in [-0.1, -0.05) is 121 Å². The summed E-state index contributed by atoms with van der Waals surface area (Å²) in [5.41, 5.74) is 3.11. The molecule has 0 bridgehead atoms.